The fourth-order valence-electron chi connectivity index (χ4n) is 9.49. The van der Waals surface area contributed by atoms with Crippen molar-refractivity contribution in [2.45, 2.75) is 19.3 Å². The molecule has 0 fully saturated rings. The van der Waals surface area contributed by atoms with Crippen LogP contribution in [-0.2, 0) is 5.41 Å². The van der Waals surface area contributed by atoms with Crippen molar-refractivity contribution in [1.82, 2.24) is 0 Å². The Bertz CT molecular complexity index is 3070. The van der Waals surface area contributed by atoms with Gasteiger partial charge in [0.15, 0.2) is 0 Å². The van der Waals surface area contributed by atoms with Gasteiger partial charge in [0.25, 0.3) is 0 Å². The Morgan fingerprint density at radius 1 is 0.357 bits per heavy atom. The Hall–Kier alpha value is -6.96. The van der Waals surface area contributed by atoms with Crippen LogP contribution in [0.3, 0.4) is 0 Å². The molecule has 56 heavy (non-hydrogen) atoms. The summed E-state index contributed by atoms with van der Waals surface area (Å²) in [6.45, 7) is 4.79. The van der Waals surface area contributed by atoms with Gasteiger partial charge in [0.1, 0.15) is 0 Å². The molecule has 0 spiro atoms. The van der Waals surface area contributed by atoms with Gasteiger partial charge in [-0.2, -0.15) is 0 Å². The zero-order valence-electron chi connectivity index (χ0n) is 31.5. The van der Waals surface area contributed by atoms with Crippen LogP contribution in [0.15, 0.2) is 200 Å². The zero-order chi connectivity index (χ0) is 37.4. The summed E-state index contributed by atoms with van der Waals surface area (Å²) in [6, 6.07) is 73.9. The number of benzene rings is 10. The second-order valence-corrected chi connectivity index (χ2v) is 15.7. The molecule has 10 aromatic rings. The van der Waals surface area contributed by atoms with Gasteiger partial charge >= 0.3 is 0 Å². The van der Waals surface area contributed by atoms with E-state index < -0.39 is 0 Å². The van der Waals surface area contributed by atoms with Crippen LogP contribution in [-0.4, -0.2) is 0 Å². The number of fused-ring (bicyclic) bond motifs is 5. The first-order chi connectivity index (χ1) is 27.5. The van der Waals surface area contributed by atoms with Crippen molar-refractivity contribution in [3.05, 3.63) is 211 Å². The molecule has 264 valence electrons. The van der Waals surface area contributed by atoms with Gasteiger partial charge in [-0.25, -0.2) is 0 Å². The molecular formula is C55H39N. The molecule has 11 rings (SSSR count). The highest BCUT2D eigenvalue weighted by Gasteiger charge is 2.35. The number of hydrogen-bond acceptors (Lipinski definition) is 1. The Morgan fingerprint density at radius 3 is 1.55 bits per heavy atom. The van der Waals surface area contributed by atoms with Crippen LogP contribution in [0, 0.1) is 0 Å². The lowest BCUT2D eigenvalue weighted by atomic mass is 9.67. The fraction of sp³-hybridized carbons (Fsp3) is 0.0545. The molecule has 0 aromatic heterocycles. The van der Waals surface area contributed by atoms with E-state index >= 15 is 0 Å². The molecule has 1 aliphatic carbocycles. The third-order valence-electron chi connectivity index (χ3n) is 12.2. The van der Waals surface area contributed by atoms with Crippen molar-refractivity contribution in [2.24, 2.45) is 0 Å². The Kier molecular flexibility index (Phi) is 7.28. The third-order valence-corrected chi connectivity index (χ3v) is 12.2. The summed E-state index contributed by atoms with van der Waals surface area (Å²) >= 11 is 0. The van der Waals surface area contributed by atoms with Crippen molar-refractivity contribution in [3.63, 3.8) is 0 Å². The first-order valence-corrected chi connectivity index (χ1v) is 19.6. The van der Waals surface area contributed by atoms with E-state index in [-0.39, 0.29) is 5.41 Å². The smallest absolute Gasteiger partial charge is 0.0540 e. The topological polar surface area (TPSA) is 3.24 Å². The molecule has 0 aliphatic heterocycles. The minimum Gasteiger partial charge on any atom is -0.309 e. The molecule has 0 radical (unpaired) electrons. The molecule has 0 saturated carbocycles. The molecule has 0 bridgehead atoms. The van der Waals surface area contributed by atoms with Crippen molar-refractivity contribution < 1.29 is 0 Å². The summed E-state index contributed by atoms with van der Waals surface area (Å²) in [4.78, 5) is 2.43. The maximum atomic E-state index is 2.46. The Morgan fingerprint density at radius 2 is 0.875 bits per heavy atom. The van der Waals surface area contributed by atoms with E-state index in [2.05, 4.69) is 219 Å². The number of hydrogen-bond donors (Lipinski definition) is 0. The predicted octanol–water partition coefficient (Wildman–Crippen LogP) is 15.4. The summed E-state index contributed by atoms with van der Waals surface area (Å²) in [6.07, 6.45) is 0. The van der Waals surface area contributed by atoms with Crippen molar-refractivity contribution in [1.29, 1.82) is 0 Å². The molecular weight excluding hydrogens is 675 g/mol. The summed E-state index contributed by atoms with van der Waals surface area (Å²) in [7, 11) is 0. The van der Waals surface area contributed by atoms with E-state index in [4.69, 9.17) is 0 Å². The number of rotatable bonds is 5. The fourth-order valence-corrected chi connectivity index (χ4v) is 9.49. The normalized spacial score (nSPS) is 13.0. The van der Waals surface area contributed by atoms with E-state index in [1.54, 1.807) is 0 Å². The Labute approximate surface area is 327 Å². The molecule has 0 N–H and O–H groups in total. The lowest BCUT2D eigenvalue weighted by Gasteiger charge is -2.36. The third kappa shape index (κ3) is 4.94. The van der Waals surface area contributed by atoms with Crippen LogP contribution in [0.1, 0.15) is 25.0 Å². The largest absolute Gasteiger partial charge is 0.309 e. The molecule has 0 saturated heterocycles. The average Bonchev–Trinajstić information content (AvgIpc) is 3.25. The van der Waals surface area contributed by atoms with Gasteiger partial charge in [0, 0.05) is 21.9 Å². The molecule has 1 nitrogen and oxygen atoms in total. The van der Waals surface area contributed by atoms with Gasteiger partial charge in [-0.05, 0) is 107 Å². The highest BCUT2D eigenvalue weighted by atomic mass is 15.1. The van der Waals surface area contributed by atoms with Gasteiger partial charge in [-0.3, -0.25) is 0 Å². The van der Waals surface area contributed by atoms with Crippen molar-refractivity contribution >= 4 is 60.2 Å². The summed E-state index contributed by atoms with van der Waals surface area (Å²) in [5, 5.41) is 10.1. The van der Waals surface area contributed by atoms with E-state index in [0.717, 1.165) is 17.1 Å². The lowest BCUT2D eigenvalue weighted by molar-refractivity contribution is 0.645. The van der Waals surface area contributed by atoms with Crippen LogP contribution in [0.25, 0.3) is 76.5 Å². The van der Waals surface area contributed by atoms with E-state index in [0.29, 0.717) is 0 Å². The van der Waals surface area contributed by atoms with Crippen LogP contribution in [0.4, 0.5) is 17.1 Å². The molecule has 0 amide bonds. The first-order valence-electron chi connectivity index (χ1n) is 19.6. The zero-order valence-corrected chi connectivity index (χ0v) is 31.5. The Balaban J connectivity index is 1.10. The molecule has 10 aromatic carbocycles. The molecule has 0 heterocycles. The maximum absolute atomic E-state index is 2.46. The highest BCUT2D eigenvalue weighted by molar-refractivity contribution is 6.10. The standard InChI is InChI=1S/C55H39N/c1-55(2)49-24-10-19-40-29-33-47(54(53(40)49)48-34-30-41(35-50(48)55)44-23-9-16-36-13-3-6-20-43(36)44)39-27-31-42(32-28-39)56(51-25-11-17-37-14-4-7-21-45(37)51)52-26-12-18-38-15-5-8-22-46(38)52/h3-35H,1-2H3. The highest BCUT2D eigenvalue weighted by Crippen LogP contribution is 2.53. The molecule has 1 aliphatic rings. The number of nitrogens with zero attached hydrogens (tertiary/aromatic N) is 1. The van der Waals surface area contributed by atoms with Gasteiger partial charge in [0.2, 0.25) is 0 Å². The van der Waals surface area contributed by atoms with Crippen LogP contribution >= 0.6 is 0 Å². The van der Waals surface area contributed by atoms with Gasteiger partial charge in [-0.15, -0.1) is 0 Å². The van der Waals surface area contributed by atoms with Gasteiger partial charge in [-0.1, -0.05) is 184 Å². The van der Waals surface area contributed by atoms with Crippen molar-refractivity contribution in [2.75, 3.05) is 4.90 Å². The lowest BCUT2D eigenvalue weighted by Crippen LogP contribution is -2.24. The van der Waals surface area contributed by atoms with E-state index in [1.807, 2.05) is 0 Å². The van der Waals surface area contributed by atoms with Gasteiger partial charge in [0.05, 0.1) is 11.4 Å². The summed E-state index contributed by atoms with van der Waals surface area (Å²) in [5.74, 6) is 0. The van der Waals surface area contributed by atoms with Crippen LogP contribution in [0.2, 0.25) is 0 Å². The average molecular weight is 714 g/mol. The van der Waals surface area contributed by atoms with E-state index in [9.17, 15) is 0 Å². The van der Waals surface area contributed by atoms with Gasteiger partial charge < -0.3 is 4.90 Å². The first kappa shape index (κ1) is 32.5. The quantitative estimate of drug-likeness (QED) is 0.172. The maximum Gasteiger partial charge on any atom is 0.0540 e. The summed E-state index contributed by atoms with van der Waals surface area (Å²) in [5.41, 5.74) is 13.7. The molecule has 1 heteroatoms. The second-order valence-electron chi connectivity index (χ2n) is 15.7. The van der Waals surface area contributed by atoms with E-state index in [1.165, 1.54) is 87.6 Å². The monoisotopic (exact) mass is 713 g/mol. The second kappa shape index (κ2) is 12.5. The minimum absolute atomic E-state index is 0.178. The SMILES string of the molecule is CC1(C)c2cc(-c3cccc4ccccc34)ccc2-c2c(-c3ccc(N(c4cccc5ccccc45)c4cccc5ccccc45)cc3)ccc3cccc1c23. The summed E-state index contributed by atoms with van der Waals surface area (Å²) < 4.78 is 0. The predicted molar refractivity (Wildman–Crippen MR) is 240 cm³/mol. The minimum atomic E-state index is -0.178. The van der Waals surface area contributed by atoms with Crippen LogP contribution < -0.4 is 4.90 Å². The van der Waals surface area contributed by atoms with Crippen LogP contribution in [0.5, 0.6) is 0 Å². The number of anilines is 3. The molecule has 0 unspecified atom stereocenters. The molecule has 0 atom stereocenters. The van der Waals surface area contributed by atoms with Crippen molar-refractivity contribution in [3.8, 4) is 33.4 Å².